The zero-order valence-electron chi connectivity index (χ0n) is 11.3. The molecule has 1 aromatic carbocycles. The summed E-state index contributed by atoms with van der Waals surface area (Å²) in [5.41, 5.74) is 2.15. The lowest BCUT2D eigenvalue weighted by Gasteiger charge is -2.19. The molecule has 1 rings (SSSR count). The molecular weight excluding hydrogens is 294 g/mol. The molecule has 2 atom stereocenters. The molecule has 1 amide bonds. The molecule has 1 N–H and O–H groups in total. The van der Waals surface area contributed by atoms with Gasteiger partial charge in [-0.2, -0.15) is 0 Å². The molecule has 0 saturated carbocycles. The normalized spacial score (nSPS) is 13.8. The van der Waals surface area contributed by atoms with Crippen molar-refractivity contribution in [2.24, 2.45) is 0 Å². The van der Waals surface area contributed by atoms with Crippen LogP contribution in [0.4, 0.5) is 0 Å². The van der Waals surface area contributed by atoms with Crippen LogP contribution >= 0.6 is 15.9 Å². The van der Waals surface area contributed by atoms with Crippen LogP contribution in [0.15, 0.2) is 18.2 Å². The van der Waals surface area contributed by atoms with Gasteiger partial charge >= 0.3 is 0 Å². The summed E-state index contributed by atoms with van der Waals surface area (Å²) in [6.45, 7) is 5.96. The lowest BCUT2D eigenvalue weighted by molar-refractivity contribution is -0.121. The third kappa shape index (κ3) is 3.73. The van der Waals surface area contributed by atoms with E-state index in [1.165, 1.54) is 0 Å². The molecule has 0 heterocycles. The highest BCUT2D eigenvalue weighted by molar-refractivity contribution is 9.10. The number of benzene rings is 1. The summed E-state index contributed by atoms with van der Waals surface area (Å²) in [7, 11) is 1.64. The number of rotatable bonds is 5. The summed E-state index contributed by atoms with van der Waals surface area (Å²) in [4.78, 5) is 11.7. The van der Waals surface area contributed by atoms with Crippen LogP contribution in [0.3, 0.4) is 0 Å². The Balaban J connectivity index is 2.86. The minimum absolute atomic E-state index is 0.00793. The number of amides is 1. The smallest absolute Gasteiger partial charge is 0.234 e. The van der Waals surface area contributed by atoms with Gasteiger partial charge in [-0.05, 0) is 26.3 Å². The number of hydrogen-bond acceptors (Lipinski definition) is 2. The molecule has 0 fully saturated rings. The largest absolute Gasteiger partial charge is 0.496 e. The van der Waals surface area contributed by atoms with E-state index < -0.39 is 0 Å². The van der Waals surface area contributed by atoms with Gasteiger partial charge in [-0.15, -0.1) is 0 Å². The van der Waals surface area contributed by atoms with Crippen molar-refractivity contribution in [2.75, 3.05) is 7.11 Å². The molecule has 0 aliphatic heterocycles. The number of ether oxygens (including phenoxy) is 1. The first-order chi connectivity index (χ1) is 8.49. The third-order valence-corrected chi connectivity index (χ3v) is 3.92. The average Bonchev–Trinajstić information content (AvgIpc) is 2.37. The minimum atomic E-state index is -0.143. The molecule has 18 heavy (non-hydrogen) atoms. The van der Waals surface area contributed by atoms with Crippen molar-refractivity contribution in [3.8, 4) is 5.75 Å². The Morgan fingerprint density at radius 2 is 2.17 bits per heavy atom. The molecular formula is C14H20BrNO2. The Morgan fingerprint density at radius 3 is 2.72 bits per heavy atom. The van der Waals surface area contributed by atoms with Gasteiger partial charge < -0.3 is 10.1 Å². The van der Waals surface area contributed by atoms with Gasteiger partial charge in [0.15, 0.2) is 0 Å². The fourth-order valence-electron chi connectivity index (χ4n) is 1.76. The number of aryl methyl sites for hydroxylation is 1. The van der Waals surface area contributed by atoms with E-state index in [-0.39, 0.29) is 16.8 Å². The number of alkyl halides is 1. The van der Waals surface area contributed by atoms with E-state index in [0.717, 1.165) is 23.3 Å². The first kappa shape index (κ1) is 15.0. The van der Waals surface area contributed by atoms with Crippen molar-refractivity contribution in [3.63, 3.8) is 0 Å². The van der Waals surface area contributed by atoms with E-state index in [0.29, 0.717) is 0 Å². The van der Waals surface area contributed by atoms with E-state index in [1.807, 2.05) is 39.0 Å². The molecule has 0 aromatic heterocycles. The Kier molecular flexibility index (Phi) is 5.66. The summed E-state index contributed by atoms with van der Waals surface area (Å²) in [5, 5.41) is 2.98. The highest BCUT2D eigenvalue weighted by Crippen LogP contribution is 2.26. The van der Waals surface area contributed by atoms with Crippen molar-refractivity contribution in [1.82, 2.24) is 5.32 Å². The molecule has 3 nitrogen and oxygen atoms in total. The molecule has 100 valence electrons. The maximum Gasteiger partial charge on any atom is 0.234 e. The van der Waals surface area contributed by atoms with Crippen molar-refractivity contribution < 1.29 is 9.53 Å². The van der Waals surface area contributed by atoms with E-state index in [1.54, 1.807) is 7.11 Å². The van der Waals surface area contributed by atoms with Gasteiger partial charge in [0.25, 0.3) is 0 Å². The predicted molar refractivity (Wildman–Crippen MR) is 77.3 cm³/mol. The second kappa shape index (κ2) is 6.78. The Bertz CT molecular complexity index is 420. The number of carbonyl (C=O) groups is 1. The summed E-state index contributed by atoms with van der Waals surface area (Å²) >= 11 is 3.35. The molecule has 0 aliphatic rings. The zero-order chi connectivity index (χ0) is 13.7. The molecule has 0 radical (unpaired) electrons. The highest BCUT2D eigenvalue weighted by Gasteiger charge is 2.18. The topological polar surface area (TPSA) is 38.3 Å². The van der Waals surface area contributed by atoms with Gasteiger partial charge in [-0.1, -0.05) is 40.5 Å². The van der Waals surface area contributed by atoms with Crippen molar-refractivity contribution in [3.05, 3.63) is 29.3 Å². The van der Waals surface area contributed by atoms with Crippen molar-refractivity contribution in [1.29, 1.82) is 0 Å². The second-order valence-corrected chi connectivity index (χ2v) is 5.46. The van der Waals surface area contributed by atoms with Crippen LogP contribution in [0.5, 0.6) is 5.75 Å². The van der Waals surface area contributed by atoms with E-state index in [4.69, 9.17) is 4.74 Å². The monoisotopic (exact) mass is 313 g/mol. The maximum atomic E-state index is 11.8. The van der Waals surface area contributed by atoms with Crippen LogP contribution in [0.25, 0.3) is 0 Å². The summed E-state index contributed by atoms with van der Waals surface area (Å²) in [6, 6.07) is 5.90. The van der Waals surface area contributed by atoms with Crippen molar-refractivity contribution >= 4 is 21.8 Å². The van der Waals surface area contributed by atoms with E-state index in [9.17, 15) is 4.79 Å². The molecule has 0 spiro atoms. The number of methoxy groups -OCH3 is 1. The van der Waals surface area contributed by atoms with Crippen LogP contribution in [-0.2, 0) is 4.79 Å². The first-order valence-corrected chi connectivity index (χ1v) is 7.00. The van der Waals surface area contributed by atoms with Gasteiger partial charge in [0.1, 0.15) is 5.75 Å². The molecule has 2 unspecified atom stereocenters. The SMILES string of the molecule is CCC(Br)C(=O)NC(C)c1cc(C)ccc1OC. The molecule has 0 saturated heterocycles. The van der Waals surface area contributed by atoms with Crippen LogP contribution in [0.1, 0.15) is 37.4 Å². The second-order valence-electron chi connectivity index (χ2n) is 4.35. The Morgan fingerprint density at radius 1 is 1.50 bits per heavy atom. The molecule has 1 aromatic rings. The third-order valence-electron chi connectivity index (χ3n) is 2.85. The quantitative estimate of drug-likeness (QED) is 0.847. The zero-order valence-corrected chi connectivity index (χ0v) is 12.9. The van der Waals surface area contributed by atoms with Crippen LogP contribution in [0.2, 0.25) is 0 Å². The fraction of sp³-hybridized carbons (Fsp3) is 0.500. The van der Waals surface area contributed by atoms with E-state index in [2.05, 4.69) is 21.2 Å². The summed E-state index contributed by atoms with van der Waals surface area (Å²) in [6.07, 6.45) is 0.767. The van der Waals surface area contributed by atoms with Gasteiger partial charge in [0.05, 0.1) is 18.0 Å². The Hall–Kier alpha value is -1.03. The minimum Gasteiger partial charge on any atom is -0.496 e. The fourth-order valence-corrected chi connectivity index (χ4v) is 1.89. The Labute approximate surface area is 117 Å². The number of hydrogen-bond donors (Lipinski definition) is 1. The number of halogens is 1. The predicted octanol–water partition coefficient (Wildman–Crippen LogP) is 3.35. The van der Waals surface area contributed by atoms with Crippen LogP contribution in [0, 0.1) is 6.92 Å². The van der Waals surface area contributed by atoms with Gasteiger partial charge in [-0.25, -0.2) is 0 Å². The highest BCUT2D eigenvalue weighted by atomic mass is 79.9. The molecule has 0 bridgehead atoms. The average molecular weight is 314 g/mol. The number of carbonyl (C=O) groups excluding carboxylic acids is 1. The van der Waals surface area contributed by atoms with Gasteiger partial charge in [-0.3, -0.25) is 4.79 Å². The van der Waals surface area contributed by atoms with Crippen LogP contribution < -0.4 is 10.1 Å². The number of nitrogens with one attached hydrogen (secondary N) is 1. The lowest BCUT2D eigenvalue weighted by atomic mass is 10.0. The maximum absolute atomic E-state index is 11.8. The van der Waals surface area contributed by atoms with Gasteiger partial charge in [0, 0.05) is 5.56 Å². The summed E-state index contributed by atoms with van der Waals surface area (Å²) in [5.74, 6) is 0.810. The van der Waals surface area contributed by atoms with Gasteiger partial charge in [0.2, 0.25) is 5.91 Å². The first-order valence-electron chi connectivity index (χ1n) is 6.08. The van der Waals surface area contributed by atoms with E-state index >= 15 is 0 Å². The van der Waals surface area contributed by atoms with Crippen molar-refractivity contribution in [2.45, 2.75) is 38.1 Å². The lowest BCUT2D eigenvalue weighted by Crippen LogP contribution is -2.33. The van der Waals surface area contributed by atoms with Crippen LogP contribution in [-0.4, -0.2) is 17.8 Å². The standard InChI is InChI=1S/C14H20BrNO2/c1-5-12(15)14(17)16-10(3)11-8-9(2)6-7-13(11)18-4/h6-8,10,12H,5H2,1-4H3,(H,16,17). The summed E-state index contributed by atoms with van der Waals surface area (Å²) < 4.78 is 5.33. The molecule has 0 aliphatic carbocycles. The molecule has 4 heteroatoms.